The maximum atomic E-state index is 13.6. The molecule has 0 aliphatic carbocycles. The van der Waals surface area contributed by atoms with Crippen molar-refractivity contribution in [3.8, 4) is 5.75 Å². The molecule has 2 atom stereocenters. The van der Waals surface area contributed by atoms with E-state index in [4.69, 9.17) is 9.47 Å². The fourth-order valence-electron chi connectivity index (χ4n) is 4.26. The monoisotopic (exact) mass is 395 g/mol. The number of rotatable bonds is 4. The molecule has 2 fully saturated rings. The van der Waals surface area contributed by atoms with Crippen molar-refractivity contribution in [2.24, 2.45) is 0 Å². The highest BCUT2D eigenvalue weighted by atomic mass is 16.5. The highest BCUT2D eigenvalue weighted by Gasteiger charge is 2.57. The molecule has 3 heterocycles. The first kappa shape index (κ1) is 19.4. The maximum Gasteiger partial charge on any atom is 0.257 e. The van der Waals surface area contributed by atoms with E-state index < -0.39 is 5.60 Å². The Hall–Kier alpha value is -2.93. The first-order valence-electron chi connectivity index (χ1n) is 9.75. The van der Waals surface area contributed by atoms with Crippen molar-refractivity contribution in [2.75, 3.05) is 33.4 Å². The van der Waals surface area contributed by atoms with Gasteiger partial charge in [-0.15, -0.1) is 0 Å². The van der Waals surface area contributed by atoms with Crippen LogP contribution in [0.3, 0.4) is 0 Å². The van der Waals surface area contributed by atoms with Crippen LogP contribution in [0.25, 0.3) is 0 Å². The SMILES string of the molecule is COc1ccc(CN2CCO[C@]3(CN(C(C)=O)C[C@H]3c3cccnc3)C2=O)cc1. The second-order valence-electron chi connectivity index (χ2n) is 7.55. The van der Waals surface area contributed by atoms with Crippen LogP contribution < -0.4 is 4.74 Å². The number of amides is 2. The van der Waals surface area contributed by atoms with Gasteiger partial charge in [0.05, 0.1) is 20.3 Å². The number of carbonyl (C=O) groups is 2. The van der Waals surface area contributed by atoms with Crippen molar-refractivity contribution < 1.29 is 19.1 Å². The van der Waals surface area contributed by atoms with Crippen molar-refractivity contribution in [3.05, 3.63) is 59.9 Å². The summed E-state index contributed by atoms with van der Waals surface area (Å²) in [4.78, 5) is 33.5. The van der Waals surface area contributed by atoms with Crippen LogP contribution >= 0.6 is 0 Å². The Bertz CT molecular complexity index is 887. The van der Waals surface area contributed by atoms with Crippen LogP contribution in [-0.4, -0.2) is 65.6 Å². The van der Waals surface area contributed by atoms with Gasteiger partial charge in [0, 0.05) is 44.9 Å². The highest BCUT2D eigenvalue weighted by Crippen LogP contribution is 2.42. The molecule has 152 valence electrons. The zero-order valence-electron chi connectivity index (χ0n) is 16.7. The summed E-state index contributed by atoms with van der Waals surface area (Å²) in [7, 11) is 1.63. The summed E-state index contributed by atoms with van der Waals surface area (Å²) in [6, 6.07) is 11.5. The summed E-state index contributed by atoms with van der Waals surface area (Å²) in [6.07, 6.45) is 3.46. The third-order valence-corrected chi connectivity index (χ3v) is 5.83. The normalized spacial score (nSPS) is 24.2. The minimum absolute atomic E-state index is 0.0561. The van der Waals surface area contributed by atoms with Crippen molar-refractivity contribution in [2.45, 2.75) is 25.0 Å². The van der Waals surface area contributed by atoms with Gasteiger partial charge in [0.2, 0.25) is 5.91 Å². The van der Waals surface area contributed by atoms with E-state index in [1.807, 2.05) is 41.3 Å². The second kappa shape index (κ2) is 7.83. The lowest BCUT2D eigenvalue weighted by Gasteiger charge is -2.42. The largest absolute Gasteiger partial charge is 0.497 e. The lowest BCUT2D eigenvalue weighted by atomic mass is 9.83. The number of morpholine rings is 1. The summed E-state index contributed by atoms with van der Waals surface area (Å²) in [5, 5.41) is 0. The van der Waals surface area contributed by atoms with E-state index in [1.54, 1.807) is 24.4 Å². The highest BCUT2D eigenvalue weighted by molar-refractivity contribution is 5.89. The van der Waals surface area contributed by atoms with E-state index in [-0.39, 0.29) is 24.3 Å². The Morgan fingerprint density at radius 2 is 2.10 bits per heavy atom. The number of carbonyl (C=O) groups excluding carboxylic acids is 2. The molecule has 2 amide bonds. The Kier molecular flexibility index (Phi) is 5.24. The third kappa shape index (κ3) is 3.58. The van der Waals surface area contributed by atoms with E-state index in [9.17, 15) is 9.59 Å². The Labute approximate surface area is 170 Å². The van der Waals surface area contributed by atoms with Gasteiger partial charge < -0.3 is 19.3 Å². The number of benzene rings is 1. The topological polar surface area (TPSA) is 72.0 Å². The molecule has 2 saturated heterocycles. The molecule has 1 aromatic heterocycles. The van der Waals surface area contributed by atoms with Crippen LogP contribution in [0.5, 0.6) is 5.75 Å². The average molecular weight is 395 g/mol. The number of ether oxygens (including phenoxy) is 2. The molecule has 1 spiro atoms. The zero-order chi connectivity index (χ0) is 20.4. The molecule has 7 heteroatoms. The average Bonchev–Trinajstić information content (AvgIpc) is 3.13. The molecule has 0 N–H and O–H groups in total. The molecular formula is C22H25N3O4. The second-order valence-corrected chi connectivity index (χ2v) is 7.55. The van der Waals surface area contributed by atoms with Gasteiger partial charge in [-0.05, 0) is 29.3 Å². The van der Waals surface area contributed by atoms with Gasteiger partial charge in [0.25, 0.3) is 5.91 Å². The minimum atomic E-state index is -1.07. The molecule has 29 heavy (non-hydrogen) atoms. The number of nitrogens with zero attached hydrogens (tertiary/aromatic N) is 3. The van der Waals surface area contributed by atoms with E-state index in [2.05, 4.69) is 4.98 Å². The van der Waals surface area contributed by atoms with E-state index in [0.717, 1.165) is 16.9 Å². The first-order chi connectivity index (χ1) is 14.0. The summed E-state index contributed by atoms with van der Waals surface area (Å²) in [5.41, 5.74) is 0.867. The predicted molar refractivity (Wildman–Crippen MR) is 106 cm³/mol. The smallest absolute Gasteiger partial charge is 0.257 e. The van der Waals surface area contributed by atoms with Gasteiger partial charge in [0.1, 0.15) is 5.75 Å². The number of hydrogen-bond acceptors (Lipinski definition) is 5. The van der Waals surface area contributed by atoms with Crippen molar-refractivity contribution in [1.29, 1.82) is 0 Å². The molecule has 1 aromatic carbocycles. The summed E-state index contributed by atoms with van der Waals surface area (Å²) >= 11 is 0. The molecule has 4 rings (SSSR count). The Morgan fingerprint density at radius 1 is 1.31 bits per heavy atom. The standard InChI is InChI=1S/C22H25N3O4/c1-16(26)25-14-20(18-4-3-9-23-12-18)22(15-25)21(27)24(10-11-29-22)13-17-5-7-19(28-2)8-6-17/h3-9,12,20H,10-11,13-15H2,1-2H3/t20-,22-/m0/s1. The van der Waals surface area contributed by atoms with Crippen LogP contribution in [-0.2, 0) is 20.9 Å². The van der Waals surface area contributed by atoms with Crippen molar-refractivity contribution in [3.63, 3.8) is 0 Å². The van der Waals surface area contributed by atoms with Crippen LogP contribution in [0.4, 0.5) is 0 Å². The van der Waals surface area contributed by atoms with Gasteiger partial charge in [-0.2, -0.15) is 0 Å². The van der Waals surface area contributed by atoms with Gasteiger partial charge in [-0.1, -0.05) is 18.2 Å². The Morgan fingerprint density at radius 3 is 2.76 bits per heavy atom. The van der Waals surface area contributed by atoms with Crippen molar-refractivity contribution >= 4 is 11.8 Å². The fraction of sp³-hybridized carbons (Fsp3) is 0.409. The summed E-state index contributed by atoms with van der Waals surface area (Å²) < 4.78 is 11.4. The number of hydrogen-bond donors (Lipinski definition) is 0. The molecular weight excluding hydrogens is 370 g/mol. The Balaban J connectivity index is 1.63. The minimum Gasteiger partial charge on any atom is -0.497 e. The molecule has 2 aromatic rings. The molecule has 0 bridgehead atoms. The van der Waals surface area contributed by atoms with Gasteiger partial charge in [-0.3, -0.25) is 14.6 Å². The van der Waals surface area contributed by atoms with Gasteiger partial charge in [-0.25, -0.2) is 0 Å². The molecule has 2 aliphatic rings. The molecule has 0 saturated carbocycles. The van der Waals surface area contributed by atoms with Gasteiger partial charge >= 0.3 is 0 Å². The van der Waals surface area contributed by atoms with Crippen molar-refractivity contribution in [1.82, 2.24) is 14.8 Å². The third-order valence-electron chi connectivity index (χ3n) is 5.83. The first-order valence-corrected chi connectivity index (χ1v) is 9.75. The van der Waals surface area contributed by atoms with Gasteiger partial charge in [0.15, 0.2) is 5.60 Å². The van der Waals surface area contributed by atoms with Crippen LogP contribution in [0.2, 0.25) is 0 Å². The van der Waals surface area contributed by atoms with Crippen LogP contribution in [0.15, 0.2) is 48.8 Å². The quantitative estimate of drug-likeness (QED) is 0.790. The maximum absolute atomic E-state index is 13.6. The van der Waals surface area contributed by atoms with Crippen LogP contribution in [0, 0.1) is 0 Å². The molecule has 0 unspecified atom stereocenters. The number of pyridine rings is 1. The van der Waals surface area contributed by atoms with E-state index in [0.29, 0.717) is 26.2 Å². The van der Waals surface area contributed by atoms with E-state index >= 15 is 0 Å². The van der Waals surface area contributed by atoms with E-state index in [1.165, 1.54) is 6.92 Å². The number of aromatic nitrogens is 1. The summed E-state index contributed by atoms with van der Waals surface area (Å²) in [5.74, 6) is 0.408. The predicted octanol–water partition coefficient (Wildman–Crippen LogP) is 1.83. The number of methoxy groups -OCH3 is 1. The fourth-order valence-corrected chi connectivity index (χ4v) is 4.26. The van der Waals surface area contributed by atoms with Crippen LogP contribution in [0.1, 0.15) is 24.0 Å². The molecule has 7 nitrogen and oxygen atoms in total. The zero-order valence-corrected chi connectivity index (χ0v) is 16.7. The lowest BCUT2D eigenvalue weighted by molar-refractivity contribution is -0.173. The number of likely N-dealkylation sites (tertiary alicyclic amines) is 1. The lowest BCUT2D eigenvalue weighted by Crippen LogP contribution is -2.60. The molecule has 0 radical (unpaired) electrons. The summed E-state index contributed by atoms with van der Waals surface area (Å²) in [6.45, 7) is 3.69. The molecule has 2 aliphatic heterocycles.